The molecule has 14 nitrogen and oxygen atoms in total. The van der Waals surface area contributed by atoms with Crippen LogP contribution in [0, 0.1) is 0 Å². The molecule has 0 unspecified atom stereocenters. The monoisotopic (exact) mass is 583 g/mol. The number of aliphatic hydroxyl groups excluding tert-OH is 2. The number of carbonyl (C=O) groups excluding carboxylic acids is 1. The zero-order chi connectivity index (χ0) is 29.5. The molecule has 1 aliphatic rings. The van der Waals surface area contributed by atoms with Crippen molar-refractivity contribution in [3.63, 3.8) is 0 Å². The quantitative estimate of drug-likeness (QED) is 0.120. The third-order valence-electron chi connectivity index (χ3n) is 6.78. The molecule has 1 saturated heterocycles. The molecule has 0 aliphatic carbocycles. The number of anilines is 1. The number of nitrogens with zero attached hydrogens (tertiary/aromatic N) is 3. The van der Waals surface area contributed by atoms with E-state index in [1.54, 1.807) is 18.2 Å². The van der Waals surface area contributed by atoms with Gasteiger partial charge in [-0.25, -0.2) is 23.1 Å². The van der Waals surface area contributed by atoms with E-state index in [2.05, 4.69) is 14.7 Å². The molecule has 2 aromatic carbocycles. The standard InChI is InChI=1S/C26H25N5O9S/c27-15-8-9-28-25-19(15)29-12-31(25)26-24(37)20(33)17(40-26)11-30-41(38,39)10-4-3-7-16(32)13-5-1-2-6-14(13)18-21(34)23(36)22(18)35/h1-2,4-6,8-10,12,17,20,24,26,30,33-34,37H,3,7,11H2,(H2,27,28)/b10-4+/t17-,20-,24-,26-/m1/s1. The molecule has 0 amide bonds. The van der Waals surface area contributed by atoms with Crippen molar-refractivity contribution >= 4 is 32.7 Å². The number of ether oxygens (including phenoxy) is 1. The van der Waals surface area contributed by atoms with Crippen LogP contribution in [0.2, 0.25) is 0 Å². The minimum atomic E-state index is -4.01. The number of pyridine rings is 1. The number of hydrogen-bond donors (Lipinski definition) is 5. The van der Waals surface area contributed by atoms with Gasteiger partial charge in [-0.2, -0.15) is 0 Å². The van der Waals surface area contributed by atoms with Crippen LogP contribution in [0.5, 0.6) is 5.75 Å². The van der Waals surface area contributed by atoms with Crippen LogP contribution in [0.3, 0.4) is 0 Å². The summed E-state index contributed by atoms with van der Waals surface area (Å²) in [5.41, 5.74) is 5.11. The van der Waals surface area contributed by atoms with E-state index in [9.17, 15) is 38.1 Å². The maximum Gasteiger partial charge on any atom is 0.268 e. The van der Waals surface area contributed by atoms with E-state index in [-0.39, 0.29) is 36.1 Å². The average molecular weight is 584 g/mol. The number of carbonyl (C=O) groups is 1. The molecule has 0 radical (unpaired) electrons. The molecule has 0 spiro atoms. The number of fused-ring (bicyclic) bond motifs is 1. The van der Waals surface area contributed by atoms with Crippen LogP contribution >= 0.6 is 0 Å². The Balaban J connectivity index is 1.17. The first kappa shape index (κ1) is 28.3. The lowest BCUT2D eigenvalue weighted by Crippen LogP contribution is -2.39. The number of sulfonamides is 1. The maximum absolute atomic E-state index is 12.7. The van der Waals surface area contributed by atoms with Gasteiger partial charge in [0.1, 0.15) is 23.8 Å². The number of Topliss-reactive ketones (excluding diaryl/α,β-unsaturated/α-hetero) is 1. The molecular weight excluding hydrogens is 558 g/mol. The third-order valence-corrected chi connectivity index (χ3v) is 7.90. The van der Waals surface area contributed by atoms with Gasteiger partial charge in [-0.05, 0) is 12.5 Å². The Kier molecular flexibility index (Phi) is 7.54. The number of ketones is 1. The molecule has 6 N–H and O–H groups in total. The summed E-state index contributed by atoms with van der Waals surface area (Å²) < 4.78 is 34.4. The van der Waals surface area contributed by atoms with Crippen molar-refractivity contribution in [3.8, 4) is 16.9 Å². The second-order valence-electron chi connectivity index (χ2n) is 9.43. The Labute approximate surface area is 232 Å². The Morgan fingerprint density at radius 1 is 1.12 bits per heavy atom. The van der Waals surface area contributed by atoms with Crippen LogP contribution in [0.1, 0.15) is 29.4 Å². The van der Waals surface area contributed by atoms with Gasteiger partial charge < -0.3 is 25.8 Å². The second kappa shape index (κ2) is 10.9. The van der Waals surface area contributed by atoms with Gasteiger partial charge in [0.2, 0.25) is 15.5 Å². The van der Waals surface area contributed by atoms with Crippen LogP contribution in [0.4, 0.5) is 5.69 Å². The zero-order valence-electron chi connectivity index (χ0n) is 21.2. The number of aromatic nitrogens is 3. The van der Waals surface area contributed by atoms with Crippen LogP contribution in [-0.4, -0.2) is 68.9 Å². The number of imidazole rings is 1. The van der Waals surface area contributed by atoms with Gasteiger partial charge in [0.05, 0.1) is 17.6 Å². The van der Waals surface area contributed by atoms with Gasteiger partial charge in [0, 0.05) is 35.7 Å². The Morgan fingerprint density at radius 3 is 2.63 bits per heavy atom. The van der Waals surface area contributed by atoms with Crippen molar-refractivity contribution in [2.24, 2.45) is 0 Å². The summed E-state index contributed by atoms with van der Waals surface area (Å²) in [5.74, 6) is -1.11. The molecular formula is C26H25N5O9S. The summed E-state index contributed by atoms with van der Waals surface area (Å²) in [7, 11) is -4.01. The van der Waals surface area contributed by atoms with E-state index in [1.165, 1.54) is 35.3 Å². The smallest absolute Gasteiger partial charge is 0.268 e. The number of nitrogens with one attached hydrogen (secondary N) is 1. The second-order valence-corrected chi connectivity index (χ2v) is 11.1. The summed E-state index contributed by atoms with van der Waals surface area (Å²) in [6, 6.07) is 7.56. The molecule has 15 heteroatoms. The number of aliphatic hydroxyl groups is 2. The number of allylic oxidation sites excluding steroid dienone is 1. The van der Waals surface area contributed by atoms with Gasteiger partial charge in [-0.15, -0.1) is 0 Å². The number of rotatable bonds is 10. The van der Waals surface area contributed by atoms with Gasteiger partial charge in [-0.3, -0.25) is 19.0 Å². The van der Waals surface area contributed by atoms with Gasteiger partial charge in [0.25, 0.3) is 5.43 Å². The number of nitrogens with two attached hydrogens (primary N) is 1. The van der Waals surface area contributed by atoms with Gasteiger partial charge in [-0.1, -0.05) is 30.3 Å². The number of benzene rings is 1. The predicted molar refractivity (Wildman–Crippen MR) is 146 cm³/mol. The van der Waals surface area contributed by atoms with E-state index >= 15 is 0 Å². The van der Waals surface area contributed by atoms with Gasteiger partial charge >= 0.3 is 0 Å². The summed E-state index contributed by atoms with van der Waals surface area (Å²) in [4.78, 5) is 44.3. The molecule has 3 heterocycles. The molecule has 0 bridgehead atoms. The SMILES string of the molecule is Nc1ccnc2c1ncn2[C@@H]1O[C@H](CNS(=O)(=O)/C=C/CCC(=O)c2ccccc2-c2c(O)c(=O)c2=O)[C@@H](O)[C@H]1O. The summed E-state index contributed by atoms with van der Waals surface area (Å²) in [6.45, 7) is -0.360. The lowest BCUT2D eigenvalue weighted by Gasteiger charge is -2.16. The normalized spacial score (nSPS) is 21.3. The highest BCUT2D eigenvalue weighted by molar-refractivity contribution is 7.92. The predicted octanol–water partition coefficient (Wildman–Crippen LogP) is -0.303. The molecule has 0 saturated carbocycles. The van der Waals surface area contributed by atoms with Crippen molar-refractivity contribution < 1.29 is 33.3 Å². The first-order valence-corrected chi connectivity index (χ1v) is 13.9. The van der Waals surface area contributed by atoms with Crippen molar-refractivity contribution in [1.29, 1.82) is 0 Å². The van der Waals surface area contributed by atoms with Crippen LogP contribution in [0.15, 0.2) is 63.9 Å². The molecule has 4 aromatic rings. The van der Waals surface area contributed by atoms with Crippen LogP contribution < -0.4 is 21.3 Å². The lowest BCUT2D eigenvalue weighted by atomic mass is 9.92. The molecule has 1 aliphatic heterocycles. The molecule has 214 valence electrons. The van der Waals surface area contributed by atoms with Crippen molar-refractivity contribution in [2.75, 3.05) is 12.3 Å². The minimum absolute atomic E-state index is 0.0269. The van der Waals surface area contributed by atoms with Crippen molar-refractivity contribution in [1.82, 2.24) is 19.3 Å². The average Bonchev–Trinajstić information content (AvgIpc) is 3.51. The van der Waals surface area contributed by atoms with E-state index in [4.69, 9.17) is 10.5 Å². The van der Waals surface area contributed by atoms with Gasteiger partial charge in [0.15, 0.2) is 23.4 Å². The van der Waals surface area contributed by atoms with Crippen molar-refractivity contribution in [3.05, 3.63) is 80.4 Å². The summed E-state index contributed by atoms with van der Waals surface area (Å²) >= 11 is 0. The molecule has 4 atom stereocenters. The summed E-state index contributed by atoms with van der Waals surface area (Å²) in [5, 5.41) is 31.6. The maximum atomic E-state index is 12.7. The molecule has 41 heavy (non-hydrogen) atoms. The first-order chi connectivity index (χ1) is 19.5. The van der Waals surface area contributed by atoms with E-state index in [0.717, 1.165) is 5.41 Å². The zero-order valence-corrected chi connectivity index (χ0v) is 22.1. The Hall–Kier alpha value is -4.28. The minimum Gasteiger partial charge on any atom is -0.503 e. The fourth-order valence-corrected chi connectivity index (χ4v) is 5.51. The van der Waals surface area contributed by atoms with E-state index in [1.807, 2.05) is 0 Å². The number of nitrogen functional groups attached to an aromatic ring is 1. The van der Waals surface area contributed by atoms with Crippen LogP contribution in [0.25, 0.3) is 22.3 Å². The van der Waals surface area contributed by atoms with Crippen molar-refractivity contribution in [2.45, 2.75) is 37.4 Å². The largest absolute Gasteiger partial charge is 0.503 e. The summed E-state index contributed by atoms with van der Waals surface area (Å²) in [6.07, 6.45) is -1.03. The van der Waals surface area contributed by atoms with E-state index < -0.39 is 57.0 Å². The fourth-order valence-electron chi connectivity index (χ4n) is 4.63. The highest BCUT2D eigenvalue weighted by Gasteiger charge is 2.44. The topological polar surface area (TPSA) is 224 Å². The Morgan fingerprint density at radius 2 is 1.88 bits per heavy atom. The highest BCUT2D eigenvalue weighted by Crippen LogP contribution is 2.32. The fraction of sp³-hybridized carbons (Fsp3) is 0.269. The first-order valence-electron chi connectivity index (χ1n) is 12.4. The third kappa shape index (κ3) is 5.28. The van der Waals surface area contributed by atoms with E-state index in [0.29, 0.717) is 16.9 Å². The Bertz CT molecular complexity index is 1840. The molecule has 1 fully saturated rings. The highest BCUT2D eigenvalue weighted by atomic mass is 32.2. The van der Waals surface area contributed by atoms with Crippen LogP contribution in [-0.2, 0) is 14.8 Å². The molecule has 5 rings (SSSR count). The number of aromatic hydroxyl groups is 1. The molecule has 2 aromatic heterocycles. The number of hydrogen-bond acceptors (Lipinski definition) is 12. The lowest BCUT2D eigenvalue weighted by molar-refractivity contribution is -0.0329.